The Morgan fingerprint density at radius 3 is 3.19 bits per heavy atom. The van der Waals surface area contributed by atoms with Crippen LogP contribution in [-0.4, -0.2) is 31.4 Å². The first kappa shape index (κ1) is 14.0. The second-order valence-corrected chi connectivity index (χ2v) is 6.33. The maximum Gasteiger partial charge on any atom is 0.230 e. The highest BCUT2D eigenvalue weighted by atomic mass is 32.2. The van der Waals surface area contributed by atoms with E-state index in [0.717, 1.165) is 20.9 Å². The Labute approximate surface area is 129 Å². The van der Waals surface area contributed by atoms with Gasteiger partial charge in [-0.2, -0.15) is 5.10 Å². The molecular formula is C13H13N5OS2. The number of thiophene rings is 1. The Balaban J connectivity index is 1.60. The topological polar surface area (TPSA) is 72.7 Å². The molecule has 0 saturated carbocycles. The fraction of sp³-hybridized carbons (Fsp3) is 0.231. The highest BCUT2D eigenvalue weighted by Gasteiger charge is 2.10. The molecule has 0 bridgehead atoms. The first-order valence-corrected chi connectivity index (χ1v) is 8.15. The lowest BCUT2D eigenvalue weighted by Gasteiger charge is -2.04. The van der Waals surface area contributed by atoms with Crippen LogP contribution in [0.25, 0.3) is 11.0 Å². The minimum Gasteiger partial charge on any atom is -0.350 e. The molecule has 0 radical (unpaired) electrons. The minimum absolute atomic E-state index is 0.0101. The average Bonchev–Trinajstić information content (AvgIpc) is 3.13. The average molecular weight is 319 g/mol. The zero-order chi connectivity index (χ0) is 14.7. The molecular weight excluding hydrogens is 306 g/mol. The molecule has 0 fully saturated rings. The molecule has 0 spiro atoms. The number of rotatable bonds is 5. The van der Waals surface area contributed by atoms with Gasteiger partial charge in [0.1, 0.15) is 11.4 Å². The summed E-state index contributed by atoms with van der Waals surface area (Å²) >= 11 is 3.03. The van der Waals surface area contributed by atoms with Gasteiger partial charge in [-0.25, -0.2) is 9.97 Å². The zero-order valence-electron chi connectivity index (χ0n) is 11.3. The highest BCUT2D eigenvalue weighted by molar-refractivity contribution is 8.00. The molecule has 3 aromatic heterocycles. The summed E-state index contributed by atoms with van der Waals surface area (Å²) in [7, 11) is 1.83. The third-order valence-electron chi connectivity index (χ3n) is 2.87. The predicted octanol–water partition coefficient (Wildman–Crippen LogP) is 1.83. The molecule has 0 aliphatic rings. The van der Waals surface area contributed by atoms with Crippen molar-refractivity contribution in [3.63, 3.8) is 0 Å². The molecule has 3 aromatic rings. The van der Waals surface area contributed by atoms with Crippen molar-refractivity contribution in [2.75, 3.05) is 5.75 Å². The molecule has 0 saturated heterocycles. The summed E-state index contributed by atoms with van der Waals surface area (Å²) in [6.07, 6.45) is 3.22. The Hall–Kier alpha value is -1.93. The molecule has 1 amide bonds. The lowest BCUT2D eigenvalue weighted by molar-refractivity contribution is -0.118. The molecule has 0 unspecified atom stereocenters. The van der Waals surface area contributed by atoms with Crippen molar-refractivity contribution in [2.24, 2.45) is 7.05 Å². The van der Waals surface area contributed by atoms with Crippen LogP contribution in [0.5, 0.6) is 0 Å². The molecule has 3 rings (SSSR count). The van der Waals surface area contributed by atoms with E-state index in [1.807, 2.05) is 24.6 Å². The number of hydrogen-bond acceptors (Lipinski definition) is 6. The smallest absolute Gasteiger partial charge is 0.230 e. The van der Waals surface area contributed by atoms with Crippen molar-refractivity contribution < 1.29 is 4.79 Å². The Morgan fingerprint density at radius 1 is 1.48 bits per heavy atom. The fourth-order valence-corrected chi connectivity index (χ4v) is 3.28. The van der Waals surface area contributed by atoms with Gasteiger partial charge in [0.25, 0.3) is 0 Å². The first-order chi connectivity index (χ1) is 10.2. The van der Waals surface area contributed by atoms with E-state index in [-0.39, 0.29) is 5.91 Å². The molecule has 6 nitrogen and oxygen atoms in total. The summed E-state index contributed by atoms with van der Waals surface area (Å²) < 4.78 is 1.69. The third kappa shape index (κ3) is 3.22. The highest BCUT2D eigenvalue weighted by Crippen LogP contribution is 2.23. The fourth-order valence-electron chi connectivity index (χ4n) is 1.84. The van der Waals surface area contributed by atoms with Gasteiger partial charge in [0.05, 0.1) is 23.9 Å². The second kappa shape index (κ2) is 6.23. The normalized spacial score (nSPS) is 10.9. The van der Waals surface area contributed by atoms with Crippen molar-refractivity contribution in [1.82, 2.24) is 25.1 Å². The molecule has 21 heavy (non-hydrogen) atoms. The number of aromatic nitrogens is 4. The molecule has 3 heterocycles. The summed E-state index contributed by atoms with van der Waals surface area (Å²) in [5.41, 5.74) is 0.770. The van der Waals surface area contributed by atoms with E-state index in [1.165, 1.54) is 18.1 Å². The lowest BCUT2D eigenvalue weighted by atomic mass is 10.4. The number of aryl methyl sites for hydroxylation is 1. The molecule has 108 valence electrons. The van der Waals surface area contributed by atoms with E-state index in [1.54, 1.807) is 22.2 Å². The molecule has 0 aliphatic carbocycles. The molecule has 0 aliphatic heterocycles. The number of carbonyl (C=O) groups excluding carboxylic acids is 1. The number of nitrogens with one attached hydrogen (secondary N) is 1. The van der Waals surface area contributed by atoms with Crippen molar-refractivity contribution in [1.29, 1.82) is 0 Å². The third-order valence-corrected chi connectivity index (χ3v) is 4.75. The van der Waals surface area contributed by atoms with Gasteiger partial charge in [0.15, 0.2) is 5.65 Å². The number of nitrogens with zero attached hydrogens (tertiary/aromatic N) is 4. The van der Waals surface area contributed by atoms with E-state index in [0.29, 0.717) is 12.3 Å². The summed E-state index contributed by atoms with van der Waals surface area (Å²) in [4.78, 5) is 21.4. The Kier molecular flexibility index (Phi) is 4.16. The van der Waals surface area contributed by atoms with Crippen LogP contribution in [0.4, 0.5) is 0 Å². The van der Waals surface area contributed by atoms with Gasteiger partial charge in [-0.15, -0.1) is 11.3 Å². The van der Waals surface area contributed by atoms with Crippen molar-refractivity contribution in [3.8, 4) is 0 Å². The van der Waals surface area contributed by atoms with E-state index < -0.39 is 0 Å². The van der Waals surface area contributed by atoms with Crippen molar-refractivity contribution in [3.05, 3.63) is 34.9 Å². The van der Waals surface area contributed by atoms with Crippen LogP contribution in [0.3, 0.4) is 0 Å². The van der Waals surface area contributed by atoms with Gasteiger partial charge in [-0.05, 0) is 11.4 Å². The first-order valence-electron chi connectivity index (χ1n) is 6.28. The quantitative estimate of drug-likeness (QED) is 0.574. The number of thioether (sulfide) groups is 1. The van der Waals surface area contributed by atoms with Gasteiger partial charge in [0, 0.05) is 11.9 Å². The summed E-state index contributed by atoms with van der Waals surface area (Å²) in [5, 5.41) is 10.7. The minimum atomic E-state index is -0.0101. The predicted molar refractivity (Wildman–Crippen MR) is 83.2 cm³/mol. The Morgan fingerprint density at radius 2 is 2.38 bits per heavy atom. The monoisotopic (exact) mass is 319 g/mol. The van der Waals surface area contributed by atoms with E-state index >= 15 is 0 Å². The van der Waals surface area contributed by atoms with Gasteiger partial charge < -0.3 is 5.32 Å². The zero-order valence-corrected chi connectivity index (χ0v) is 12.9. The maximum absolute atomic E-state index is 11.9. The van der Waals surface area contributed by atoms with Crippen LogP contribution in [0.1, 0.15) is 4.88 Å². The van der Waals surface area contributed by atoms with Crippen LogP contribution in [0.15, 0.2) is 35.1 Å². The number of fused-ring (bicyclic) bond motifs is 1. The van der Waals surface area contributed by atoms with Crippen LogP contribution >= 0.6 is 23.1 Å². The molecule has 0 atom stereocenters. The van der Waals surface area contributed by atoms with Gasteiger partial charge in [-0.3, -0.25) is 9.48 Å². The standard InChI is InChI=1S/C13H13N5OS2/c1-18-12-10(6-17-18)13(16-8-15-12)21-7-11(19)14-5-9-3-2-4-20-9/h2-4,6,8H,5,7H2,1H3,(H,14,19). The van der Waals surface area contributed by atoms with Crippen molar-refractivity contribution in [2.45, 2.75) is 11.6 Å². The van der Waals surface area contributed by atoms with Gasteiger partial charge in [-0.1, -0.05) is 17.8 Å². The van der Waals surface area contributed by atoms with Crippen LogP contribution in [0.2, 0.25) is 0 Å². The maximum atomic E-state index is 11.9. The van der Waals surface area contributed by atoms with Gasteiger partial charge >= 0.3 is 0 Å². The molecule has 8 heteroatoms. The van der Waals surface area contributed by atoms with Crippen LogP contribution < -0.4 is 5.32 Å². The Bertz CT molecular complexity index is 753. The van der Waals surface area contributed by atoms with Gasteiger partial charge in [0.2, 0.25) is 5.91 Å². The number of amides is 1. The molecule has 1 N–H and O–H groups in total. The SMILES string of the molecule is Cn1ncc2c(SCC(=O)NCc3cccs3)ncnc21. The van der Waals surface area contributed by atoms with E-state index in [4.69, 9.17) is 0 Å². The van der Waals surface area contributed by atoms with E-state index in [9.17, 15) is 4.79 Å². The summed E-state index contributed by atoms with van der Waals surface area (Å²) in [6.45, 7) is 0.573. The summed E-state index contributed by atoms with van der Waals surface area (Å²) in [6, 6.07) is 3.97. The van der Waals surface area contributed by atoms with E-state index in [2.05, 4.69) is 20.4 Å². The number of carbonyl (C=O) groups is 1. The molecule has 0 aromatic carbocycles. The largest absolute Gasteiger partial charge is 0.350 e. The van der Waals surface area contributed by atoms with Crippen LogP contribution in [0, 0.1) is 0 Å². The second-order valence-electron chi connectivity index (χ2n) is 4.33. The van der Waals surface area contributed by atoms with Crippen LogP contribution in [-0.2, 0) is 18.4 Å². The lowest BCUT2D eigenvalue weighted by Crippen LogP contribution is -2.24. The van der Waals surface area contributed by atoms with Crippen molar-refractivity contribution >= 4 is 40.0 Å². The summed E-state index contributed by atoms with van der Waals surface area (Å²) in [5.74, 6) is 0.316. The number of hydrogen-bond donors (Lipinski definition) is 1.